The summed E-state index contributed by atoms with van der Waals surface area (Å²) in [6.07, 6.45) is 0. The van der Waals surface area contributed by atoms with Crippen molar-refractivity contribution >= 4 is 28.4 Å². The number of hydrogen-bond donors (Lipinski definition) is 1. The molecule has 0 radical (unpaired) electrons. The van der Waals surface area contributed by atoms with Crippen LogP contribution < -0.4 is 4.74 Å². The number of methoxy groups -OCH3 is 1. The van der Waals surface area contributed by atoms with Crippen LogP contribution in [0.25, 0.3) is 0 Å². The van der Waals surface area contributed by atoms with Gasteiger partial charge in [0, 0.05) is 6.07 Å². The molecule has 0 aliphatic heterocycles. The van der Waals surface area contributed by atoms with E-state index in [1.54, 1.807) is 0 Å². The molecule has 14 heavy (non-hydrogen) atoms. The van der Waals surface area contributed by atoms with Crippen molar-refractivity contribution in [1.82, 2.24) is 0 Å². The quantitative estimate of drug-likeness (QED) is 0.489. The van der Waals surface area contributed by atoms with Gasteiger partial charge in [-0.3, -0.25) is 0 Å². The molecule has 0 bridgehead atoms. The molecule has 0 spiro atoms. The topological polar surface area (TPSA) is 41.8 Å². The van der Waals surface area contributed by atoms with Gasteiger partial charge < -0.3 is 9.94 Å². The molecule has 0 unspecified atom stereocenters. The molecule has 1 aromatic rings. The van der Waals surface area contributed by atoms with E-state index in [0.29, 0.717) is 0 Å². The highest BCUT2D eigenvalue weighted by Gasteiger charge is 2.14. The van der Waals surface area contributed by atoms with Gasteiger partial charge in [0.1, 0.15) is 11.6 Å². The van der Waals surface area contributed by atoms with Gasteiger partial charge in [0.2, 0.25) is 0 Å². The molecule has 0 saturated carbocycles. The zero-order valence-electron chi connectivity index (χ0n) is 7.09. The number of rotatable bonds is 2. The number of hydrogen-bond acceptors (Lipinski definition) is 3. The third-order valence-electron chi connectivity index (χ3n) is 1.55. The van der Waals surface area contributed by atoms with Gasteiger partial charge >= 0.3 is 0 Å². The van der Waals surface area contributed by atoms with Gasteiger partial charge in [-0.05, 0) is 6.07 Å². The first-order valence-electron chi connectivity index (χ1n) is 3.51. The summed E-state index contributed by atoms with van der Waals surface area (Å²) in [7, 11) is 1.38. The monoisotopic (exact) mass is 237 g/mol. The van der Waals surface area contributed by atoms with Crippen molar-refractivity contribution in [3.05, 3.63) is 28.5 Å². The van der Waals surface area contributed by atoms with Gasteiger partial charge in [-0.25, -0.2) is 4.39 Å². The van der Waals surface area contributed by atoms with E-state index in [9.17, 15) is 4.39 Å². The average Bonchev–Trinajstić information content (AvgIpc) is 2.16. The van der Waals surface area contributed by atoms with Crippen molar-refractivity contribution in [3.8, 4) is 5.75 Å². The van der Waals surface area contributed by atoms with E-state index < -0.39 is 11.0 Å². The Hall–Kier alpha value is -1.00. The van der Waals surface area contributed by atoms with Gasteiger partial charge in [-0.2, -0.15) is 0 Å². The first-order chi connectivity index (χ1) is 6.60. The van der Waals surface area contributed by atoms with Crippen LogP contribution in [0.4, 0.5) is 4.39 Å². The number of oxime groups is 1. The summed E-state index contributed by atoms with van der Waals surface area (Å²) in [5.41, 5.74) is -0.156. The third-order valence-corrected chi connectivity index (χ3v) is 2.11. The Bertz CT molecular complexity index is 359. The number of halogens is 3. The Morgan fingerprint density at radius 2 is 2.21 bits per heavy atom. The Morgan fingerprint density at radius 3 is 2.64 bits per heavy atom. The summed E-state index contributed by atoms with van der Waals surface area (Å²) < 4.78 is 18.1. The second kappa shape index (κ2) is 4.48. The maximum Gasteiger partial charge on any atom is 0.179 e. The lowest BCUT2D eigenvalue weighted by Crippen LogP contribution is -1.98. The number of ether oxygens (including phenoxy) is 1. The van der Waals surface area contributed by atoms with Crippen LogP contribution in [0.2, 0.25) is 5.02 Å². The molecular formula is C8H6Cl2FNO2. The molecule has 0 saturated heterocycles. The molecule has 0 aliphatic carbocycles. The van der Waals surface area contributed by atoms with E-state index in [1.165, 1.54) is 13.2 Å². The summed E-state index contributed by atoms with van der Waals surface area (Å²) >= 11 is 11.1. The van der Waals surface area contributed by atoms with Crippen molar-refractivity contribution in [2.24, 2.45) is 5.16 Å². The Kier molecular flexibility index (Phi) is 3.55. The fourth-order valence-corrected chi connectivity index (χ4v) is 1.44. The molecule has 0 atom stereocenters. The molecule has 1 aromatic carbocycles. The largest absolute Gasteiger partial charge is 0.497 e. The predicted molar refractivity (Wildman–Crippen MR) is 52.1 cm³/mol. The first-order valence-corrected chi connectivity index (χ1v) is 4.26. The number of benzene rings is 1. The zero-order valence-corrected chi connectivity index (χ0v) is 8.60. The van der Waals surface area contributed by atoms with Crippen molar-refractivity contribution in [2.45, 2.75) is 0 Å². The molecule has 6 heteroatoms. The summed E-state index contributed by atoms with van der Waals surface area (Å²) in [4.78, 5) is 0. The van der Waals surface area contributed by atoms with Crippen LogP contribution in [-0.4, -0.2) is 17.5 Å². The number of nitrogens with zero attached hydrogens (tertiary/aromatic N) is 1. The Morgan fingerprint density at radius 1 is 1.57 bits per heavy atom. The smallest absolute Gasteiger partial charge is 0.179 e. The van der Waals surface area contributed by atoms with Crippen LogP contribution in [0, 0.1) is 5.82 Å². The molecule has 76 valence electrons. The lowest BCUT2D eigenvalue weighted by Gasteiger charge is -2.05. The lowest BCUT2D eigenvalue weighted by atomic mass is 10.2. The average molecular weight is 238 g/mol. The zero-order chi connectivity index (χ0) is 10.7. The van der Waals surface area contributed by atoms with Crippen molar-refractivity contribution in [3.63, 3.8) is 0 Å². The molecule has 0 heterocycles. The van der Waals surface area contributed by atoms with E-state index in [2.05, 4.69) is 5.16 Å². The van der Waals surface area contributed by atoms with E-state index in [1.807, 2.05) is 0 Å². The summed E-state index contributed by atoms with van der Waals surface area (Å²) in [6.45, 7) is 0. The molecule has 1 N–H and O–H groups in total. The van der Waals surface area contributed by atoms with Gasteiger partial charge in [0.25, 0.3) is 0 Å². The van der Waals surface area contributed by atoms with Crippen LogP contribution in [-0.2, 0) is 0 Å². The maximum atomic E-state index is 13.3. The third kappa shape index (κ3) is 2.08. The molecule has 3 nitrogen and oxygen atoms in total. The molecule has 1 rings (SSSR count). The van der Waals surface area contributed by atoms with Crippen LogP contribution in [0.1, 0.15) is 5.56 Å². The SMILES string of the molecule is COc1cc(F)c(/C(Cl)=N/O)c(Cl)c1. The summed E-state index contributed by atoms with van der Waals surface area (Å²) in [5.74, 6) is -0.448. The van der Waals surface area contributed by atoms with E-state index in [4.69, 9.17) is 33.1 Å². The van der Waals surface area contributed by atoms with E-state index in [0.717, 1.165) is 6.07 Å². The summed E-state index contributed by atoms with van der Waals surface area (Å²) in [5, 5.41) is 10.6. The van der Waals surface area contributed by atoms with Crippen LogP contribution in [0.15, 0.2) is 17.3 Å². The molecule has 0 aliphatic rings. The second-order valence-corrected chi connectivity index (χ2v) is 3.12. The molecule has 0 fully saturated rings. The minimum atomic E-state index is -0.711. The van der Waals surface area contributed by atoms with Gasteiger partial charge in [0.15, 0.2) is 5.17 Å². The highest BCUT2D eigenvalue weighted by Crippen LogP contribution is 2.27. The lowest BCUT2D eigenvalue weighted by molar-refractivity contribution is 0.320. The van der Waals surface area contributed by atoms with Crippen LogP contribution in [0.5, 0.6) is 5.75 Å². The van der Waals surface area contributed by atoms with Gasteiger partial charge in [-0.1, -0.05) is 28.4 Å². The second-order valence-electron chi connectivity index (χ2n) is 2.36. The normalized spacial score (nSPS) is 11.6. The minimum Gasteiger partial charge on any atom is -0.497 e. The van der Waals surface area contributed by atoms with E-state index >= 15 is 0 Å². The Labute approximate surface area is 89.7 Å². The first kappa shape index (κ1) is 11.1. The standard InChI is InChI=1S/C8H6Cl2FNO2/c1-14-4-2-5(9)7(6(11)3-4)8(10)12-13/h2-3,13H,1H3/b12-8-. The van der Waals surface area contributed by atoms with Crippen molar-refractivity contribution in [1.29, 1.82) is 0 Å². The highest BCUT2D eigenvalue weighted by atomic mass is 35.5. The maximum absolute atomic E-state index is 13.3. The van der Waals surface area contributed by atoms with E-state index in [-0.39, 0.29) is 16.3 Å². The molecule has 0 aromatic heterocycles. The van der Waals surface area contributed by atoms with Crippen LogP contribution in [0.3, 0.4) is 0 Å². The van der Waals surface area contributed by atoms with Crippen molar-refractivity contribution in [2.75, 3.05) is 7.11 Å². The van der Waals surface area contributed by atoms with Crippen LogP contribution >= 0.6 is 23.2 Å². The minimum absolute atomic E-state index is 0.0182. The van der Waals surface area contributed by atoms with Gasteiger partial charge in [-0.15, -0.1) is 0 Å². The summed E-state index contributed by atoms with van der Waals surface area (Å²) in [6, 6.07) is 2.46. The highest BCUT2D eigenvalue weighted by molar-refractivity contribution is 6.70. The van der Waals surface area contributed by atoms with Gasteiger partial charge in [0.05, 0.1) is 17.7 Å². The van der Waals surface area contributed by atoms with Crippen molar-refractivity contribution < 1.29 is 14.3 Å². The molecular weight excluding hydrogens is 232 g/mol. The fraction of sp³-hybridized carbons (Fsp3) is 0.125. The predicted octanol–water partition coefficient (Wildman–Crippen LogP) is 2.86. The molecule has 0 amide bonds. The fourth-order valence-electron chi connectivity index (χ4n) is 0.915. The Balaban J connectivity index is 3.32.